The van der Waals surface area contributed by atoms with Gasteiger partial charge in [-0.05, 0) is 41.9 Å². The maximum atomic E-state index is 5.76. The number of hydrogen-bond donors (Lipinski definition) is 1. The minimum atomic E-state index is 0.329. The van der Waals surface area contributed by atoms with Crippen molar-refractivity contribution in [1.29, 1.82) is 0 Å². The van der Waals surface area contributed by atoms with E-state index in [-0.39, 0.29) is 0 Å². The van der Waals surface area contributed by atoms with Crippen LogP contribution in [0.25, 0.3) is 22.4 Å². The van der Waals surface area contributed by atoms with Crippen molar-refractivity contribution < 1.29 is 4.42 Å². The number of fused-ring (bicyclic) bond motifs is 1. The number of aromatic nitrogens is 2. The molecule has 2 aromatic heterocycles. The highest BCUT2D eigenvalue weighted by Crippen LogP contribution is 2.29. The van der Waals surface area contributed by atoms with E-state index in [2.05, 4.69) is 9.97 Å². The first-order valence-electron chi connectivity index (χ1n) is 5.00. The van der Waals surface area contributed by atoms with Crippen LogP contribution in [-0.4, -0.2) is 9.97 Å². The fraction of sp³-hybridized carbons (Fsp3) is 0. The van der Waals surface area contributed by atoms with Gasteiger partial charge in [-0.3, -0.25) is 0 Å². The summed E-state index contributed by atoms with van der Waals surface area (Å²) in [6.45, 7) is 0. The number of nitrogens with two attached hydrogens (primary N) is 1. The molecule has 0 unspecified atom stereocenters. The van der Waals surface area contributed by atoms with Gasteiger partial charge in [0, 0.05) is 11.1 Å². The van der Waals surface area contributed by atoms with Gasteiger partial charge in [0.25, 0.3) is 0 Å². The van der Waals surface area contributed by atoms with Crippen molar-refractivity contribution in [1.82, 2.24) is 9.97 Å². The lowest BCUT2D eigenvalue weighted by atomic mass is 10.1. The lowest BCUT2D eigenvalue weighted by Gasteiger charge is -2.02. The summed E-state index contributed by atoms with van der Waals surface area (Å²) < 4.78 is 5.35. The number of rotatable bonds is 1. The van der Waals surface area contributed by atoms with E-state index in [0.717, 1.165) is 10.9 Å². The second-order valence-electron chi connectivity index (χ2n) is 3.60. The lowest BCUT2D eigenvalue weighted by molar-refractivity contribution is 0.582. The Morgan fingerprint density at radius 3 is 2.76 bits per heavy atom. The second kappa shape index (κ2) is 3.75. The Morgan fingerprint density at radius 1 is 1.12 bits per heavy atom. The predicted molar refractivity (Wildman–Crippen MR) is 66.7 cm³/mol. The summed E-state index contributed by atoms with van der Waals surface area (Å²) in [6.07, 6.45) is 1.49. The summed E-state index contributed by atoms with van der Waals surface area (Å²) in [5.41, 5.74) is 7.93. The maximum Gasteiger partial charge on any atom is 0.194 e. The molecule has 0 saturated heterocycles. The fourth-order valence-corrected chi connectivity index (χ4v) is 1.86. The van der Waals surface area contributed by atoms with Crippen molar-refractivity contribution in [2.75, 3.05) is 5.73 Å². The molecule has 17 heavy (non-hydrogen) atoms. The summed E-state index contributed by atoms with van der Waals surface area (Å²) in [7, 11) is 0. The molecular weight excluding hydrogens is 238 g/mol. The van der Waals surface area contributed by atoms with Gasteiger partial charge < -0.3 is 10.2 Å². The number of benzene rings is 1. The standard InChI is InChI=1S/C12H8ClN3O/c13-11-4-3-10(17-11)12-8-5-7(14)1-2-9(8)15-6-16-12/h1-6H,14H2. The van der Waals surface area contributed by atoms with Crippen LogP contribution in [0.4, 0.5) is 5.69 Å². The molecule has 0 radical (unpaired) electrons. The van der Waals surface area contributed by atoms with Gasteiger partial charge in [0.2, 0.25) is 0 Å². The Labute approximate surface area is 102 Å². The molecule has 0 aliphatic heterocycles. The van der Waals surface area contributed by atoms with E-state index in [1.54, 1.807) is 18.2 Å². The first-order chi connectivity index (χ1) is 8.24. The number of anilines is 1. The van der Waals surface area contributed by atoms with Crippen LogP contribution in [0, 0.1) is 0 Å². The monoisotopic (exact) mass is 245 g/mol. The number of furan rings is 1. The van der Waals surface area contributed by atoms with Gasteiger partial charge in [-0.25, -0.2) is 9.97 Å². The third-order valence-corrected chi connectivity index (χ3v) is 2.67. The minimum absolute atomic E-state index is 0.329. The van der Waals surface area contributed by atoms with Crippen LogP contribution in [0.15, 0.2) is 41.1 Å². The molecule has 5 heteroatoms. The molecule has 0 atom stereocenters. The highest BCUT2D eigenvalue weighted by Gasteiger charge is 2.10. The topological polar surface area (TPSA) is 64.9 Å². The average molecular weight is 246 g/mol. The largest absolute Gasteiger partial charge is 0.443 e. The van der Waals surface area contributed by atoms with Gasteiger partial charge in [-0.15, -0.1) is 0 Å². The van der Waals surface area contributed by atoms with E-state index >= 15 is 0 Å². The lowest BCUT2D eigenvalue weighted by Crippen LogP contribution is -1.90. The minimum Gasteiger partial charge on any atom is -0.443 e. The molecule has 0 saturated carbocycles. The number of nitrogen functional groups attached to an aromatic ring is 1. The molecular formula is C12H8ClN3O. The van der Waals surface area contributed by atoms with Gasteiger partial charge >= 0.3 is 0 Å². The maximum absolute atomic E-state index is 5.76. The molecule has 3 aromatic rings. The van der Waals surface area contributed by atoms with Gasteiger partial charge in [-0.1, -0.05) is 0 Å². The van der Waals surface area contributed by atoms with E-state index in [4.69, 9.17) is 21.8 Å². The zero-order chi connectivity index (χ0) is 11.8. The van der Waals surface area contributed by atoms with Crippen molar-refractivity contribution in [2.45, 2.75) is 0 Å². The van der Waals surface area contributed by atoms with Crippen LogP contribution in [-0.2, 0) is 0 Å². The zero-order valence-electron chi connectivity index (χ0n) is 8.72. The van der Waals surface area contributed by atoms with Gasteiger partial charge in [-0.2, -0.15) is 0 Å². The van der Waals surface area contributed by atoms with Crippen molar-refractivity contribution in [3.05, 3.63) is 41.9 Å². The van der Waals surface area contributed by atoms with Gasteiger partial charge in [0.05, 0.1) is 5.52 Å². The molecule has 0 aliphatic rings. The molecule has 2 heterocycles. The van der Waals surface area contributed by atoms with Gasteiger partial charge in [0.15, 0.2) is 11.0 Å². The van der Waals surface area contributed by atoms with Crippen molar-refractivity contribution >= 4 is 28.2 Å². The fourth-order valence-electron chi connectivity index (χ4n) is 1.71. The normalized spacial score (nSPS) is 10.9. The second-order valence-corrected chi connectivity index (χ2v) is 3.98. The molecule has 84 valence electrons. The summed E-state index contributed by atoms with van der Waals surface area (Å²) >= 11 is 5.76. The number of nitrogens with zero attached hydrogens (tertiary/aromatic N) is 2. The Bertz CT molecular complexity index is 693. The summed E-state index contributed by atoms with van der Waals surface area (Å²) in [5.74, 6) is 0.605. The first kappa shape index (κ1) is 10.1. The number of hydrogen-bond acceptors (Lipinski definition) is 4. The van der Waals surface area contributed by atoms with Crippen LogP contribution >= 0.6 is 11.6 Å². The Balaban J connectivity index is 2.32. The molecule has 0 fully saturated rings. The molecule has 4 nitrogen and oxygen atoms in total. The smallest absolute Gasteiger partial charge is 0.194 e. The zero-order valence-corrected chi connectivity index (χ0v) is 9.48. The van der Waals surface area contributed by atoms with E-state index in [0.29, 0.717) is 22.4 Å². The summed E-state index contributed by atoms with van der Waals surface area (Å²) in [4.78, 5) is 8.39. The molecule has 0 amide bonds. The highest BCUT2D eigenvalue weighted by molar-refractivity contribution is 6.29. The van der Waals surface area contributed by atoms with Crippen LogP contribution in [0.1, 0.15) is 0 Å². The molecule has 0 aliphatic carbocycles. The SMILES string of the molecule is Nc1ccc2ncnc(-c3ccc(Cl)o3)c2c1. The molecule has 2 N–H and O–H groups in total. The first-order valence-corrected chi connectivity index (χ1v) is 5.38. The van der Waals surface area contributed by atoms with E-state index in [1.165, 1.54) is 6.33 Å². The molecule has 1 aromatic carbocycles. The molecule has 0 bridgehead atoms. The third kappa shape index (κ3) is 1.72. The summed E-state index contributed by atoms with van der Waals surface area (Å²) in [6, 6.07) is 8.92. The van der Waals surface area contributed by atoms with Crippen LogP contribution < -0.4 is 5.73 Å². The quantitative estimate of drug-likeness (QED) is 0.669. The van der Waals surface area contributed by atoms with E-state index < -0.39 is 0 Å². The Kier molecular flexibility index (Phi) is 2.23. The van der Waals surface area contributed by atoms with E-state index in [9.17, 15) is 0 Å². The highest BCUT2D eigenvalue weighted by atomic mass is 35.5. The molecule has 0 spiro atoms. The molecule has 3 rings (SSSR count). The van der Waals surface area contributed by atoms with Crippen molar-refractivity contribution in [3.63, 3.8) is 0 Å². The summed E-state index contributed by atoms with van der Waals surface area (Å²) in [5, 5.41) is 1.18. The Hall–Kier alpha value is -2.07. The predicted octanol–water partition coefficient (Wildman–Crippen LogP) is 3.13. The van der Waals surface area contributed by atoms with Crippen LogP contribution in [0.3, 0.4) is 0 Å². The van der Waals surface area contributed by atoms with E-state index in [1.807, 2.05) is 12.1 Å². The third-order valence-electron chi connectivity index (χ3n) is 2.47. The Morgan fingerprint density at radius 2 is 2.00 bits per heavy atom. The van der Waals surface area contributed by atoms with Crippen LogP contribution in [0.2, 0.25) is 5.22 Å². The average Bonchev–Trinajstić information content (AvgIpc) is 2.75. The van der Waals surface area contributed by atoms with Crippen LogP contribution in [0.5, 0.6) is 0 Å². The number of halogens is 1. The van der Waals surface area contributed by atoms with Crippen molar-refractivity contribution in [2.24, 2.45) is 0 Å². The van der Waals surface area contributed by atoms with Crippen molar-refractivity contribution in [3.8, 4) is 11.5 Å². The van der Waals surface area contributed by atoms with Gasteiger partial charge in [0.1, 0.15) is 12.0 Å².